The lowest BCUT2D eigenvalue weighted by molar-refractivity contribution is -0.343. The lowest BCUT2D eigenvalue weighted by atomic mass is 9.99. The molecule has 0 aliphatic rings. The van der Waals surface area contributed by atoms with Crippen molar-refractivity contribution in [3.63, 3.8) is 0 Å². The molecule has 0 spiro atoms. The van der Waals surface area contributed by atoms with E-state index in [4.69, 9.17) is 5.26 Å². The Labute approximate surface area is 166 Å². The first kappa shape index (κ1) is 27.7. The van der Waals surface area contributed by atoms with Gasteiger partial charge in [0.25, 0.3) is 5.67 Å². The Morgan fingerprint density at radius 2 is 1.45 bits per heavy atom. The molecule has 0 radical (unpaired) electrons. The third kappa shape index (κ3) is 10.9. The number of amides is 1. The molecule has 0 atom stereocenters. The van der Waals surface area contributed by atoms with Crippen LogP contribution in [0.1, 0.15) is 12.8 Å². The molecule has 0 saturated heterocycles. The summed E-state index contributed by atoms with van der Waals surface area (Å²) < 4.78 is 87.5. The first-order chi connectivity index (χ1) is 13.3. The van der Waals surface area contributed by atoms with E-state index in [1.807, 2.05) is 0 Å². The van der Waals surface area contributed by atoms with E-state index in [0.29, 0.717) is 19.6 Å². The van der Waals surface area contributed by atoms with Crippen molar-refractivity contribution in [1.82, 2.24) is 16.0 Å². The predicted octanol–water partition coefficient (Wildman–Crippen LogP) is 1.64. The highest BCUT2D eigenvalue weighted by Gasteiger charge is 2.71. The lowest BCUT2D eigenvalue weighted by Crippen LogP contribution is -2.53. The van der Waals surface area contributed by atoms with Gasteiger partial charge in [0, 0.05) is 32.6 Å². The van der Waals surface area contributed by atoms with Crippen molar-refractivity contribution in [2.24, 2.45) is 0 Å². The average molecular weight is 461 g/mol. The van der Waals surface area contributed by atoms with Gasteiger partial charge in [-0.25, -0.2) is 9.18 Å². The normalized spacial score (nSPS) is 12.7. The molecular formula is C14H22F7N3O4S. The highest BCUT2D eigenvalue weighted by molar-refractivity contribution is 7.99. The number of hydrogen-bond acceptors (Lipinski definition) is 7. The third-order valence-corrected chi connectivity index (χ3v) is 4.46. The Morgan fingerprint density at radius 3 is 2.00 bits per heavy atom. The SMILES string of the molecule is O=C(CSCCCC(F)(C(F)(F)F)C(F)(F)F)NCCNCCNCC(=O)OO. The van der Waals surface area contributed by atoms with Crippen LogP contribution in [0, 0.1) is 0 Å². The number of nitrogens with one attached hydrogen (secondary N) is 3. The number of halogens is 7. The average Bonchev–Trinajstić information content (AvgIpc) is 2.61. The van der Waals surface area contributed by atoms with E-state index >= 15 is 0 Å². The molecule has 1 amide bonds. The van der Waals surface area contributed by atoms with Gasteiger partial charge in [-0.05, 0) is 12.2 Å². The summed E-state index contributed by atoms with van der Waals surface area (Å²) in [5, 5.41) is 16.0. The smallest absolute Gasteiger partial charge is 0.354 e. The summed E-state index contributed by atoms with van der Waals surface area (Å²) in [5.41, 5.74) is -5.26. The largest absolute Gasteiger partial charge is 0.431 e. The van der Waals surface area contributed by atoms with Crippen molar-refractivity contribution in [2.45, 2.75) is 30.9 Å². The minimum Gasteiger partial charge on any atom is -0.354 e. The second-order valence-corrected chi connectivity index (χ2v) is 6.80. The van der Waals surface area contributed by atoms with E-state index in [9.17, 15) is 40.3 Å². The molecule has 0 aromatic rings. The molecule has 0 rings (SSSR count). The summed E-state index contributed by atoms with van der Waals surface area (Å²) in [7, 11) is 0. The van der Waals surface area contributed by atoms with Crippen molar-refractivity contribution in [3.05, 3.63) is 0 Å². The summed E-state index contributed by atoms with van der Waals surface area (Å²) in [4.78, 5) is 25.5. The van der Waals surface area contributed by atoms with Gasteiger partial charge in [0.05, 0.1) is 12.3 Å². The van der Waals surface area contributed by atoms with Crippen LogP contribution in [-0.2, 0) is 14.5 Å². The summed E-state index contributed by atoms with van der Waals surface area (Å²) in [6, 6.07) is 0. The fraction of sp³-hybridized carbons (Fsp3) is 0.857. The Balaban J connectivity index is 3.81. The second kappa shape index (κ2) is 13.1. The third-order valence-electron chi connectivity index (χ3n) is 3.42. The number of hydrogen-bond donors (Lipinski definition) is 4. The number of rotatable bonds is 14. The summed E-state index contributed by atoms with van der Waals surface area (Å²) in [6.07, 6.45) is -14.6. The van der Waals surface area contributed by atoms with Crippen LogP contribution >= 0.6 is 11.8 Å². The fourth-order valence-electron chi connectivity index (χ4n) is 1.89. The van der Waals surface area contributed by atoms with Gasteiger partial charge in [-0.3, -0.25) is 9.68 Å². The molecule has 0 heterocycles. The molecule has 29 heavy (non-hydrogen) atoms. The molecule has 172 valence electrons. The molecule has 4 N–H and O–H groups in total. The van der Waals surface area contributed by atoms with Crippen LogP contribution in [0.25, 0.3) is 0 Å². The van der Waals surface area contributed by atoms with E-state index in [1.54, 1.807) is 0 Å². The van der Waals surface area contributed by atoms with Crippen LogP contribution in [0.2, 0.25) is 0 Å². The van der Waals surface area contributed by atoms with Gasteiger partial charge in [0.15, 0.2) is 0 Å². The molecule has 0 bridgehead atoms. The van der Waals surface area contributed by atoms with Gasteiger partial charge >= 0.3 is 18.3 Å². The van der Waals surface area contributed by atoms with Crippen molar-refractivity contribution < 1.29 is 50.5 Å². The molecule has 0 aliphatic heterocycles. The first-order valence-electron chi connectivity index (χ1n) is 8.27. The zero-order valence-corrected chi connectivity index (χ0v) is 15.9. The van der Waals surface area contributed by atoms with E-state index in [-0.39, 0.29) is 24.6 Å². The molecule has 0 aromatic heterocycles. The Morgan fingerprint density at radius 1 is 0.897 bits per heavy atom. The standard InChI is InChI=1S/C14H22F7N3O4S/c15-12(13(16,17)18,14(19,20)21)2-1-7-29-9-10(25)24-6-5-22-3-4-23-8-11(26)28-27/h22-23,27H,1-9H2,(H,24,25). The zero-order valence-electron chi connectivity index (χ0n) is 15.1. The minimum absolute atomic E-state index is 0.179. The van der Waals surface area contributed by atoms with E-state index < -0.39 is 42.7 Å². The van der Waals surface area contributed by atoms with Crippen molar-refractivity contribution in [2.75, 3.05) is 44.2 Å². The summed E-state index contributed by atoms with van der Waals surface area (Å²) in [5.74, 6) is -1.75. The van der Waals surface area contributed by atoms with Crippen LogP contribution in [-0.4, -0.2) is 79.4 Å². The topological polar surface area (TPSA) is 99.7 Å². The van der Waals surface area contributed by atoms with Crippen molar-refractivity contribution in [1.29, 1.82) is 0 Å². The van der Waals surface area contributed by atoms with Gasteiger partial charge in [-0.2, -0.15) is 43.4 Å². The number of carbonyl (C=O) groups is 2. The van der Waals surface area contributed by atoms with Gasteiger partial charge in [0.1, 0.15) is 0 Å². The summed E-state index contributed by atoms with van der Waals surface area (Å²) in [6.45, 7) is 1.22. The molecular weight excluding hydrogens is 439 g/mol. The maximum Gasteiger partial charge on any atom is 0.431 e. The second-order valence-electron chi connectivity index (χ2n) is 5.69. The van der Waals surface area contributed by atoms with Gasteiger partial charge in [0.2, 0.25) is 5.91 Å². The van der Waals surface area contributed by atoms with E-state index in [2.05, 4.69) is 20.8 Å². The molecule has 0 saturated carbocycles. The van der Waals surface area contributed by atoms with Crippen molar-refractivity contribution in [3.8, 4) is 0 Å². The molecule has 0 aliphatic carbocycles. The number of carbonyl (C=O) groups excluding carboxylic acids is 2. The minimum atomic E-state index is -6.06. The highest BCUT2D eigenvalue weighted by Crippen LogP contribution is 2.49. The Hall–Kier alpha value is -1.32. The predicted molar refractivity (Wildman–Crippen MR) is 90.0 cm³/mol. The Kier molecular flexibility index (Phi) is 12.5. The molecule has 15 heteroatoms. The maximum atomic E-state index is 13.4. The van der Waals surface area contributed by atoms with Crippen LogP contribution in [0.5, 0.6) is 0 Å². The van der Waals surface area contributed by atoms with Gasteiger partial charge in [-0.15, -0.1) is 0 Å². The number of thioether (sulfide) groups is 1. The number of alkyl halides is 7. The molecule has 0 aromatic carbocycles. The monoisotopic (exact) mass is 461 g/mol. The molecule has 0 fully saturated rings. The van der Waals surface area contributed by atoms with Crippen LogP contribution in [0.15, 0.2) is 0 Å². The lowest BCUT2D eigenvalue weighted by Gasteiger charge is -2.29. The summed E-state index contributed by atoms with van der Waals surface area (Å²) >= 11 is 0.795. The zero-order chi connectivity index (χ0) is 22.6. The molecule has 0 unspecified atom stereocenters. The van der Waals surface area contributed by atoms with Crippen LogP contribution in [0.3, 0.4) is 0 Å². The van der Waals surface area contributed by atoms with Crippen molar-refractivity contribution >= 4 is 23.6 Å². The first-order valence-corrected chi connectivity index (χ1v) is 9.43. The maximum absolute atomic E-state index is 13.4. The van der Waals surface area contributed by atoms with Crippen LogP contribution in [0.4, 0.5) is 30.7 Å². The van der Waals surface area contributed by atoms with Gasteiger partial charge in [-0.1, -0.05) is 0 Å². The Bertz CT molecular complexity index is 493. The quantitative estimate of drug-likeness (QED) is 0.135. The fourth-order valence-corrected chi connectivity index (χ4v) is 2.67. The van der Waals surface area contributed by atoms with Gasteiger partial charge < -0.3 is 16.0 Å². The van der Waals surface area contributed by atoms with Crippen LogP contribution < -0.4 is 16.0 Å². The van der Waals surface area contributed by atoms with E-state index in [1.165, 1.54) is 0 Å². The molecule has 7 nitrogen and oxygen atoms in total. The highest BCUT2D eigenvalue weighted by atomic mass is 32.2. The van der Waals surface area contributed by atoms with E-state index in [0.717, 1.165) is 11.8 Å².